The summed E-state index contributed by atoms with van der Waals surface area (Å²) in [6.45, 7) is 0.399. The highest BCUT2D eigenvalue weighted by molar-refractivity contribution is 4.97. The molecule has 8 N–H and O–H groups in total. The van der Waals surface area contributed by atoms with Gasteiger partial charge in [0.2, 0.25) is 0 Å². The fourth-order valence-electron chi connectivity index (χ4n) is 5.44. The van der Waals surface area contributed by atoms with E-state index in [0.717, 1.165) is 19.3 Å². The van der Waals surface area contributed by atoms with Crippen LogP contribution in [0, 0.1) is 0 Å². The molecular weight excluding hydrogens is 594 g/mol. The Morgan fingerprint density at radius 3 is 1.89 bits per heavy atom. The second-order valence-corrected chi connectivity index (χ2v) is 11.9. The van der Waals surface area contributed by atoms with E-state index in [1.165, 1.54) is 63.9 Å². The lowest BCUT2D eigenvalue weighted by molar-refractivity contribution is -0.359. The molecule has 0 saturated carbocycles. The van der Waals surface area contributed by atoms with E-state index in [0.29, 0.717) is 0 Å². The van der Waals surface area contributed by atoms with Crippen molar-refractivity contribution in [1.29, 1.82) is 0 Å². The molecule has 2 saturated heterocycles. The van der Waals surface area contributed by atoms with Gasteiger partial charge in [0.15, 0.2) is 12.6 Å². The van der Waals surface area contributed by atoms with Gasteiger partial charge in [-0.3, -0.25) is 0 Å². The van der Waals surface area contributed by atoms with E-state index in [4.69, 9.17) is 24.5 Å². The maximum atomic E-state index is 10.7. The monoisotopic (exact) mass is 649 g/mol. The number of unbranched alkanes of at least 4 members (excludes halogenated alkanes) is 11. The maximum Gasteiger partial charge on any atom is 0.187 e. The first-order chi connectivity index (χ1) is 21.7. The SMILES string of the molecule is CCCCCCCCCCCCC/C=C/[C@@H](O)[C@H](CO[C@@H]1O[C@H](CO)[C@@H](O[C@@H]2O[C@H](CO)[C@H](O)[C@H](O)[C@H]2O)[C@H](O)[C@H]1O)N=[N+]=[N-]. The molecule has 0 amide bonds. The Morgan fingerprint density at radius 1 is 0.756 bits per heavy atom. The van der Waals surface area contributed by atoms with Crippen LogP contribution in [-0.4, -0.2) is 134 Å². The highest BCUT2D eigenvalue weighted by atomic mass is 16.7. The van der Waals surface area contributed by atoms with Gasteiger partial charge >= 0.3 is 0 Å². The number of azide groups is 1. The summed E-state index contributed by atoms with van der Waals surface area (Å²) in [7, 11) is 0. The third-order valence-electron chi connectivity index (χ3n) is 8.29. The Morgan fingerprint density at radius 2 is 1.31 bits per heavy atom. The molecule has 2 fully saturated rings. The standard InChI is InChI=1S/C30H55N3O12/c1-2-3-4-5-6-7-8-9-10-11-12-13-14-15-20(36)19(32-33-31)18-42-29-27(41)25(39)28(22(17-35)44-29)45-30-26(40)24(38)23(37)21(16-34)43-30/h14-15,19-30,34-41H,2-13,16-18H2,1H3/b15-14+/t19-,20+,21+,22+,23-,24-,25+,26+,27+,28+,29+,30-/m0/s1. The minimum atomic E-state index is -1.78. The number of allylic oxidation sites excluding steroid dienone is 1. The minimum absolute atomic E-state index is 0.390. The predicted octanol–water partition coefficient (Wildman–Crippen LogP) is 0.924. The third kappa shape index (κ3) is 12.9. The van der Waals surface area contributed by atoms with Crippen molar-refractivity contribution < 1.29 is 59.8 Å². The van der Waals surface area contributed by atoms with Gasteiger partial charge in [-0.1, -0.05) is 88.4 Å². The van der Waals surface area contributed by atoms with Crippen LogP contribution in [0.4, 0.5) is 0 Å². The number of nitrogens with zero attached hydrogens (tertiary/aromatic N) is 3. The highest BCUT2D eigenvalue weighted by Gasteiger charge is 2.50. The van der Waals surface area contributed by atoms with E-state index < -0.39 is 93.4 Å². The predicted molar refractivity (Wildman–Crippen MR) is 162 cm³/mol. The molecule has 0 spiro atoms. The molecule has 2 aliphatic heterocycles. The van der Waals surface area contributed by atoms with Crippen molar-refractivity contribution in [2.75, 3.05) is 19.8 Å². The van der Waals surface area contributed by atoms with Crippen LogP contribution in [0.1, 0.15) is 84.0 Å². The topological polar surface area (TPSA) is 248 Å². The number of ether oxygens (including phenoxy) is 4. The van der Waals surface area contributed by atoms with Crippen molar-refractivity contribution in [3.05, 3.63) is 22.6 Å². The van der Waals surface area contributed by atoms with Crippen molar-refractivity contribution in [2.24, 2.45) is 5.11 Å². The Labute approximate surface area is 265 Å². The Bertz CT molecular complexity index is 862. The normalized spacial score (nSPS) is 33.6. The third-order valence-corrected chi connectivity index (χ3v) is 8.29. The van der Waals surface area contributed by atoms with E-state index in [2.05, 4.69) is 16.9 Å². The molecule has 0 aromatic rings. The number of hydrogen-bond donors (Lipinski definition) is 8. The molecule has 0 unspecified atom stereocenters. The summed E-state index contributed by atoms with van der Waals surface area (Å²) in [6, 6.07) is -1.08. The van der Waals surface area contributed by atoms with Gasteiger partial charge < -0.3 is 59.8 Å². The molecule has 0 radical (unpaired) electrons. The van der Waals surface area contributed by atoms with Crippen molar-refractivity contribution in [3.8, 4) is 0 Å². The quantitative estimate of drug-likeness (QED) is 0.0268. The lowest BCUT2D eigenvalue weighted by atomic mass is 9.97. The first kappa shape index (κ1) is 39.7. The molecule has 262 valence electrons. The molecule has 2 rings (SSSR count). The number of rotatable bonds is 22. The van der Waals surface area contributed by atoms with Crippen LogP contribution in [-0.2, 0) is 18.9 Å². The summed E-state index contributed by atoms with van der Waals surface area (Å²) in [5.74, 6) is 0. The number of hydrogen-bond acceptors (Lipinski definition) is 13. The van der Waals surface area contributed by atoms with Gasteiger partial charge in [-0.25, -0.2) is 0 Å². The Hall–Kier alpha value is -1.43. The second-order valence-electron chi connectivity index (χ2n) is 11.9. The molecular formula is C30H55N3O12. The lowest BCUT2D eigenvalue weighted by Crippen LogP contribution is -2.64. The molecule has 0 bridgehead atoms. The van der Waals surface area contributed by atoms with Crippen LogP contribution in [0.3, 0.4) is 0 Å². The summed E-state index contributed by atoms with van der Waals surface area (Å²) in [4.78, 5) is 2.75. The zero-order valence-electron chi connectivity index (χ0n) is 26.2. The highest BCUT2D eigenvalue weighted by Crippen LogP contribution is 2.29. The van der Waals surface area contributed by atoms with Crippen molar-refractivity contribution in [3.63, 3.8) is 0 Å². The first-order valence-electron chi connectivity index (χ1n) is 16.3. The van der Waals surface area contributed by atoms with Crippen molar-refractivity contribution >= 4 is 0 Å². The average Bonchev–Trinajstić information content (AvgIpc) is 3.04. The van der Waals surface area contributed by atoms with Gasteiger partial charge in [-0.05, 0) is 18.4 Å². The molecule has 2 heterocycles. The van der Waals surface area contributed by atoms with E-state index in [9.17, 15) is 40.9 Å². The summed E-state index contributed by atoms with van der Waals surface area (Å²) in [5.41, 5.74) is 8.98. The molecule has 2 aliphatic rings. The summed E-state index contributed by atoms with van der Waals surface area (Å²) >= 11 is 0. The summed E-state index contributed by atoms with van der Waals surface area (Å²) < 4.78 is 21.9. The van der Waals surface area contributed by atoms with Gasteiger partial charge in [0.1, 0.15) is 48.8 Å². The Balaban J connectivity index is 1.79. The maximum absolute atomic E-state index is 10.7. The van der Waals surface area contributed by atoms with E-state index in [1.807, 2.05) is 6.08 Å². The first-order valence-corrected chi connectivity index (χ1v) is 16.3. The number of aliphatic hydroxyl groups is 8. The molecule has 0 aromatic heterocycles. The Kier molecular flexibility index (Phi) is 19.6. The molecule has 0 aliphatic carbocycles. The van der Waals surface area contributed by atoms with Gasteiger partial charge in [0, 0.05) is 4.91 Å². The largest absolute Gasteiger partial charge is 0.394 e. The van der Waals surface area contributed by atoms with E-state index >= 15 is 0 Å². The summed E-state index contributed by atoms with van der Waals surface area (Å²) in [5, 5.41) is 85.0. The molecule has 15 nitrogen and oxygen atoms in total. The van der Waals surface area contributed by atoms with Gasteiger partial charge in [0.25, 0.3) is 0 Å². The van der Waals surface area contributed by atoms with Gasteiger partial charge in [-0.2, -0.15) is 0 Å². The van der Waals surface area contributed by atoms with Gasteiger partial charge in [0.05, 0.1) is 32.0 Å². The number of aliphatic hydroxyl groups excluding tert-OH is 8. The zero-order valence-corrected chi connectivity index (χ0v) is 26.2. The van der Waals surface area contributed by atoms with Crippen LogP contribution in [0.25, 0.3) is 10.4 Å². The molecule has 0 aromatic carbocycles. The van der Waals surface area contributed by atoms with Crippen molar-refractivity contribution in [2.45, 2.75) is 158 Å². The fourth-order valence-corrected chi connectivity index (χ4v) is 5.44. The average molecular weight is 650 g/mol. The van der Waals surface area contributed by atoms with Crippen LogP contribution in [0.2, 0.25) is 0 Å². The zero-order chi connectivity index (χ0) is 33.2. The van der Waals surface area contributed by atoms with E-state index in [1.54, 1.807) is 0 Å². The van der Waals surface area contributed by atoms with Crippen LogP contribution < -0.4 is 0 Å². The van der Waals surface area contributed by atoms with E-state index in [-0.39, 0.29) is 0 Å². The smallest absolute Gasteiger partial charge is 0.187 e. The van der Waals surface area contributed by atoms with Crippen LogP contribution in [0.5, 0.6) is 0 Å². The lowest BCUT2D eigenvalue weighted by Gasteiger charge is -2.46. The van der Waals surface area contributed by atoms with Gasteiger partial charge in [-0.15, -0.1) is 0 Å². The molecule has 45 heavy (non-hydrogen) atoms. The van der Waals surface area contributed by atoms with Crippen LogP contribution in [0.15, 0.2) is 17.3 Å². The minimum Gasteiger partial charge on any atom is -0.394 e. The fraction of sp³-hybridized carbons (Fsp3) is 0.933. The molecule has 12 atom stereocenters. The molecule has 15 heteroatoms. The van der Waals surface area contributed by atoms with Crippen LogP contribution >= 0.6 is 0 Å². The van der Waals surface area contributed by atoms with Crippen molar-refractivity contribution in [1.82, 2.24) is 0 Å². The second kappa shape index (κ2) is 22.2. The summed E-state index contributed by atoms with van der Waals surface area (Å²) in [6.07, 6.45) is 0.563.